The number of halogens is 3. The first-order valence-corrected chi connectivity index (χ1v) is 5.73. The molecule has 0 bridgehead atoms. The summed E-state index contributed by atoms with van der Waals surface area (Å²) in [7, 11) is 0. The first-order chi connectivity index (χ1) is 7.11. The molecule has 0 aliphatic rings. The van der Waals surface area contributed by atoms with E-state index in [1.165, 1.54) is 6.07 Å². The highest BCUT2D eigenvalue weighted by Gasteiger charge is 2.07. The van der Waals surface area contributed by atoms with Gasteiger partial charge in [0.15, 0.2) is 0 Å². The van der Waals surface area contributed by atoms with E-state index in [0.29, 0.717) is 15.0 Å². The van der Waals surface area contributed by atoms with Crippen LogP contribution in [0.5, 0.6) is 0 Å². The van der Waals surface area contributed by atoms with E-state index in [2.05, 4.69) is 20.9 Å². The monoisotopic (exact) mass is 287 g/mol. The maximum Gasteiger partial charge on any atom is 0.139 e. The van der Waals surface area contributed by atoms with Gasteiger partial charge in [0.25, 0.3) is 0 Å². The summed E-state index contributed by atoms with van der Waals surface area (Å²) in [5.74, 6) is -0.320. The van der Waals surface area contributed by atoms with E-state index >= 15 is 0 Å². The molecule has 1 aromatic heterocycles. The third-order valence-corrected chi connectivity index (χ3v) is 3.14. The fourth-order valence-corrected chi connectivity index (χ4v) is 2.03. The van der Waals surface area contributed by atoms with Crippen molar-refractivity contribution < 1.29 is 4.39 Å². The number of hydrogen-bond acceptors (Lipinski definition) is 1. The van der Waals surface area contributed by atoms with Crippen molar-refractivity contribution in [3.05, 3.63) is 39.2 Å². The van der Waals surface area contributed by atoms with Crippen LogP contribution in [0.4, 0.5) is 4.39 Å². The maximum absolute atomic E-state index is 13.3. The molecule has 0 N–H and O–H groups in total. The van der Waals surface area contributed by atoms with E-state index in [4.69, 9.17) is 11.6 Å². The first-order valence-electron chi connectivity index (χ1n) is 4.56. The van der Waals surface area contributed by atoms with Crippen LogP contribution >= 0.6 is 27.5 Å². The summed E-state index contributed by atoms with van der Waals surface area (Å²) in [6.45, 7) is 1.99. The Hall–Kier alpha value is -0.670. The highest BCUT2D eigenvalue weighted by molar-refractivity contribution is 9.10. The van der Waals surface area contributed by atoms with Crippen molar-refractivity contribution in [2.24, 2.45) is 0 Å². The zero-order valence-corrected chi connectivity index (χ0v) is 10.4. The molecule has 4 heteroatoms. The number of rotatable bonds is 1. The summed E-state index contributed by atoms with van der Waals surface area (Å²) in [6, 6.07) is 4.86. The van der Waals surface area contributed by atoms with Crippen LogP contribution in [-0.2, 0) is 6.42 Å². The van der Waals surface area contributed by atoms with Gasteiger partial charge >= 0.3 is 0 Å². The SMILES string of the molecule is CCc1cc(Cl)c2cc(Br)c(F)cc2n1. The van der Waals surface area contributed by atoms with E-state index in [0.717, 1.165) is 17.5 Å². The van der Waals surface area contributed by atoms with Crippen molar-refractivity contribution in [2.75, 3.05) is 0 Å². The Morgan fingerprint density at radius 1 is 1.40 bits per heavy atom. The molecule has 0 radical (unpaired) electrons. The van der Waals surface area contributed by atoms with Crippen LogP contribution < -0.4 is 0 Å². The van der Waals surface area contributed by atoms with Crippen molar-refractivity contribution in [3.8, 4) is 0 Å². The molecule has 0 unspecified atom stereocenters. The molecule has 0 saturated heterocycles. The van der Waals surface area contributed by atoms with Gasteiger partial charge < -0.3 is 0 Å². The minimum Gasteiger partial charge on any atom is -0.253 e. The average molecular weight is 289 g/mol. The molecule has 0 saturated carbocycles. The maximum atomic E-state index is 13.3. The quantitative estimate of drug-likeness (QED) is 0.760. The second kappa shape index (κ2) is 4.06. The molecule has 0 aliphatic heterocycles. The predicted molar refractivity (Wildman–Crippen MR) is 63.8 cm³/mol. The Labute approximate surface area is 100 Å². The number of aromatic nitrogens is 1. The lowest BCUT2D eigenvalue weighted by molar-refractivity contribution is 0.622. The van der Waals surface area contributed by atoms with E-state index in [-0.39, 0.29) is 5.82 Å². The fourth-order valence-electron chi connectivity index (χ4n) is 1.41. The van der Waals surface area contributed by atoms with Gasteiger partial charge in [-0.3, -0.25) is 4.98 Å². The summed E-state index contributed by atoms with van der Waals surface area (Å²) in [5, 5.41) is 1.37. The Kier molecular flexibility index (Phi) is 2.94. The van der Waals surface area contributed by atoms with Crippen molar-refractivity contribution in [3.63, 3.8) is 0 Å². The molecule has 1 nitrogen and oxygen atoms in total. The molecule has 1 heterocycles. The van der Waals surface area contributed by atoms with Crippen LogP contribution in [0.1, 0.15) is 12.6 Å². The van der Waals surface area contributed by atoms with Crippen LogP contribution in [0.25, 0.3) is 10.9 Å². The largest absolute Gasteiger partial charge is 0.253 e. The molecule has 15 heavy (non-hydrogen) atoms. The van der Waals surface area contributed by atoms with Gasteiger partial charge in [0.1, 0.15) is 5.82 Å². The molecular weight excluding hydrogens is 280 g/mol. The minimum atomic E-state index is -0.320. The van der Waals surface area contributed by atoms with Gasteiger partial charge in [-0.15, -0.1) is 0 Å². The van der Waals surface area contributed by atoms with Crippen molar-refractivity contribution >= 4 is 38.4 Å². The van der Waals surface area contributed by atoms with Gasteiger partial charge in [0.2, 0.25) is 0 Å². The minimum absolute atomic E-state index is 0.320. The number of fused-ring (bicyclic) bond motifs is 1. The van der Waals surface area contributed by atoms with Crippen molar-refractivity contribution in [2.45, 2.75) is 13.3 Å². The fraction of sp³-hybridized carbons (Fsp3) is 0.182. The average Bonchev–Trinajstić information content (AvgIpc) is 2.21. The number of aryl methyl sites for hydroxylation is 1. The van der Waals surface area contributed by atoms with Crippen LogP contribution in [0.3, 0.4) is 0 Å². The summed E-state index contributed by atoms with van der Waals surface area (Å²) < 4.78 is 13.7. The summed E-state index contributed by atoms with van der Waals surface area (Å²) in [4.78, 5) is 4.31. The lowest BCUT2D eigenvalue weighted by atomic mass is 10.2. The number of pyridine rings is 1. The summed E-state index contributed by atoms with van der Waals surface area (Å²) in [6.07, 6.45) is 0.785. The molecule has 2 rings (SSSR count). The van der Waals surface area contributed by atoms with Gasteiger partial charge in [0.05, 0.1) is 15.0 Å². The molecule has 0 spiro atoms. The number of hydrogen-bond donors (Lipinski definition) is 0. The summed E-state index contributed by atoms with van der Waals surface area (Å²) in [5.41, 5.74) is 1.47. The summed E-state index contributed by atoms with van der Waals surface area (Å²) >= 11 is 9.21. The molecule has 78 valence electrons. The zero-order valence-electron chi connectivity index (χ0n) is 8.02. The third kappa shape index (κ3) is 1.99. The van der Waals surface area contributed by atoms with Crippen LogP contribution in [0.15, 0.2) is 22.7 Å². The Morgan fingerprint density at radius 2 is 2.13 bits per heavy atom. The van der Waals surface area contributed by atoms with E-state index < -0.39 is 0 Å². The molecule has 1 aromatic carbocycles. The van der Waals surface area contributed by atoms with E-state index in [1.54, 1.807) is 6.07 Å². The van der Waals surface area contributed by atoms with Gasteiger partial charge in [-0.2, -0.15) is 0 Å². The van der Waals surface area contributed by atoms with Crippen LogP contribution in [0, 0.1) is 5.82 Å². The Balaban J connectivity index is 2.80. The Morgan fingerprint density at radius 3 is 2.80 bits per heavy atom. The Bertz CT molecular complexity index is 527. The lowest BCUT2D eigenvalue weighted by Gasteiger charge is -2.04. The van der Waals surface area contributed by atoms with E-state index in [9.17, 15) is 4.39 Å². The van der Waals surface area contributed by atoms with Crippen molar-refractivity contribution in [1.29, 1.82) is 0 Å². The zero-order chi connectivity index (χ0) is 11.0. The van der Waals surface area contributed by atoms with Crippen LogP contribution in [0.2, 0.25) is 5.02 Å². The molecule has 0 amide bonds. The highest BCUT2D eigenvalue weighted by Crippen LogP contribution is 2.28. The van der Waals surface area contributed by atoms with Crippen molar-refractivity contribution in [1.82, 2.24) is 4.98 Å². The van der Waals surface area contributed by atoms with Gasteiger partial charge in [-0.05, 0) is 34.5 Å². The van der Waals surface area contributed by atoms with Gasteiger partial charge in [0, 0.05) is 17.1 Å². The smallest absolute Gasteiger partial charge is 0.139 e. The van der Waals surface area contributed by atoms with Gasteiger partial charge in [-0.25, -0.2) is 4.39 Å². The highest BCUT2D eigenvalue weighted by atomic mass is 79.9. The number of benzene rings is 1. The normalized spacial score (nSPS) is 10.9. The van der Waals surface area contributed by atoms with E-state index in [1.807, 2.05) is 13.0 Å². The molecule has 0 fully saturated rings. The first kappa shape index (κ1) is 10.8. The standard InChI is InChI=1S/C11H8BrClFN/c1-2-6-3-9(13)7-4-8(12)10(14)5-11(7)15-6/h3-5H,2H2,1H3. The third-order valence-electron chi connectivity index (χ3n) is 2.22. The second-order valence-electron chi connectivity index (χ2n) is 3.23. The predicted octanol–water partition coefficient (Wildman–Crippen LogP) is 4.35. The second-order valence-corrected chi connectivity index (χ2v) is 4.49. The van der Waals surface area contributed by atoms with Crippen LogP contribution in [-0.4, -0.2) is 4.98 Å². The topological polar surface area (TPSA) is 12.9 Å². The molecule has 0 atom stereocenters. The molecule has 0 aliphatic carbocycles. The molecular formula is C11H8BrClFN. The molecule has 2 aromatic rings. The lowest BCUT2D eigenvalue weighted by Crippen LogP contribution is -1.90. The van der Waals surface area contributed by atoms with Gasteiger partial charge in [-0.1, -0.05) is 18.5 Å². The number of nitrogens with zero attached hydrogens (tertiary/aromatic N) is 1.